The Balaban J connectivity index is 1.86. The second-order valence-electron chi connectivity index (χ2n) is 6.06. The van der Waals surface area contributed by atoms with E-state index in [2.05, 4.69) is 27.5 Å². The molecule has 0 atom stereocenters. The molecule has 2 rings (SSSR count). The number of aromatic nitrogens is 1. The van der Waals surface area contributed by atoms with Crippen LogP contribution in [0.25, 0.3) is 0 Å². The van der Waals surface area contributed by atoms with Gasteiger partial charge in [0.1, 0.15) is 5.82 Å². The fraction of sp³-hybridized carbons (Fsp3) is 0.400. The lowest BCUT2D eigenvalue weighted by Crippen LogP contribution is -2.38. The van der Waals surface area contributed by atoms with Crippen LogP contribution < -0.4 is 10.6 Å². The Morgan fingerprint density at radius 2 is 1.88 bits per heavy atom. The molecule has 0 aliphatic heterocycles. The second kappa shape index (κ2) is 9.77. The minimum Gasteiger partial charge on any atom is -0.357 e. The van der Waals surface area contributed by atoms with E-state index in [0.29, 0.717) is 0 Å². The van der Waals surface area contributed by atoms with Gasteiger partial charge in [0.15, 0.2) is 5.96 Å². The number of rotatable bonds is 7. The van der Waals surface area contributed by atoms with E-state index in [0.717, 1.165) is 49.6 Å². The lowest BCUT2D eigenvalue weighted by Gasteiger charge is -2.12. The predicted molar refractivity (Wildman–Crippen MR) is 102 cm³/mol. The number of aliphatic imine (C=N–C) groups is 1. The highest BCUT2D eigenvalue weighted by Crippen LogP contribution is 2.10. The van der Waals surface area contributed by atoms with E-state index in [4.69, 9.17) is 0 Å². The summed E-state index contributed by atoms with van der Waals surface area (Å²) in [5.41, 5.74) is 4.60. The second-order valence-corrected chi connectivity index (χ2v) is 6.06. The van der Waals surface area contributed by atoms with Crippen molar-refractivity contribution in [3.63, 3.8) is 0 Å². The Hall–Kier alpha value is -2.43. The van der Waals surface area contributed by atoms with Crippen molar-refractivity contribution >= 4 is 5.96 Å². The zero-order chi connectivity index (χ0) is 18.1. The third-order valence-corrected chi connectivity index (χ3v) is 4.12. The minimum atomic E-state index is -0.185. The molecule has 0 aliphatic rings. The summed E-state index contributed by atoms with van der Waals surface area (Å²) in [6.45, 7) is 8.35. The Labute approximate surface area is 149 Å². The van der Waals surface area contributed by atoms with Crippen LogP contribution in [0.3, 0.4) is 0 Å². The SMILES string of the molecule is CCNC(=NCCc1ccncc1C)NCCc1ccc(F)cc1C. The molecule has 5 heteroatoms. The van der Waals surface area contributed by atoms with Gasteiger partial charge in [0.25, 0.3) is 0 Å². The van der Waals surface area contributed by atoms with E-state index in [1.54, 1.807) is 6.07 Å². The highest BCUT2D eigenvalue weighted by atomic mass is 19.1. The van der Waals surface area contributed by atoms with Gasteiger partial charge >= 0.3 is 0 Å². The number of guanidine groups is 1. The van der Waals surface area contributed by atoms with Crippen LogP contribution in [0.5, 0.6) is 0 Å². The van der Waals surface area contributed by atoms with Gasteiger partial charge in [0.05, 0.1) is 0 Å². The summed E-state index contributed by atoms with van der Waals surface area (Å²) in [5, 5.41) is 6.60. The molecule has 0 spiro atoms. The average molecular weight is 342 g/mol. The van der Waals surface area contributed by atoms with Crippen molar-refractivity contribution in [3.05, 3.63) is 64.7 Å². The normalized spacial score (nSPS) is 11.4. The molecule has 4 nitrogen and oxygen atoms in total. The maximum Gasteiger partial charge on any atom is 0.191 e. The molecule has 1 heterocycles. The van der Waals surface area contributed by atoms with Crippen LogP contribution in [0.1, 0.15) is 29.2 Å². The third kappa shape index (κ3) is 6.18. The Bertz CT molecular complexity index is 713. The lowest BCUT2D eigenvalue weighted by molar-refractivity contribution is 0.625. The number of hydrogen-bond acceptors (Lipinski definition) is 2. The first-order valence-corrected chi connectivity index (χ1v) is 8.77. The Morgan fingerprint density at radius 3 is 2.60 bits per heavy atom. The van der Waals surface area contributed by atoms with Crippen molar-refractivity contribution in [2.24, 2.45) is 4.99 Å². The number of halogens is 1. The quantitative estimate of drug-likeness (QED) is 0.600. The first-order valence-electron chi connectivity index (χ1n) is 8.77. The summed E-state index contributed by atoms with van der Waals surface area (Å²) in [6.07, 6.45) is 5.43. The molecule has 1 aromatic heterocycles. The molecule has 0 saturated carbocycles. The monoisotopic (exact) mass is 342 g/mol. The summed E-state index contributed by atoms with van der Waals surface area (Å²) in [4.78, 5) is 8.75. The smallest absolute Gasteiger partial charge is 0.191 e. The van der Waals surface area contributed by atoms with E-state index in [1.807, 2.05) is 38.4 Å². The Kier molecular flexibility index (Phi) is 7.38. The van der Waals surface area contributed by atoms with Crippen molar-refractivity contribution < 1.29 is 4.39 Å². The number of benzene rings is 1. The molecule has 25 heavy (non-hydrogen) atoms. The summed E-state index contributed by atoms with van der Waals surface area (Å²) in [5.74, 6) is 0.629. The van der Waals surface area contributed by atoms with Crippen LogP contribution in [0, 0.1) is 19.7 Å². The molecular formula is C20H27FN4. The largest absolute Gasteiger partial charge is 0.357 e. The fourth-order valence-corrected chi connectivity index (χ4v) is 2.67. The molecule has 1 aromatic carbocycles. The Morgan fingerprint density at radius 1 is 1.08 bits per heavy atom. The van der Waals surface area contributed by atoms with Crippen LogP contribution in [0.2, 0.25) is 0 Å². The van der Waals surface area contributed by atoms with Crippen LogP contribution >= 0.6 is 0 Å². The third-order valence-electron chi connectivity index (χ3n) is 4.12. The van der Waals surface area contributed by atoms with Crippen molar-refractivity contribution in [3.8, 4) is 0 Å². The van der Waals surface area contributed by atoms with E-state index in [9.17, 15) is 4.39 Å². The molecule has 2 N–H and O–H groups in total. The van der Waals surface area contributed by atoms with Crippen molar-refractivity contribution in [1.29, 1.82) is 0 Å². The van der Waals surface area contributed by atoms with Gasteiger partial charge < -0.3 is 10.6 Å². The summed E-state index contributed by atoms with van der Waals surface area (Å²) in [6, 6.07) is 6.98. The molecule has 0 bridgehead atoms. The summed E-state index contributed by atoms with van der Waals surface area (Å²) >= 11 is 0. The highest BCUT2D eigenvalue weighted by Gasteiger charge is 2.02. The average Bonchev–Trinajstić information content (AvgIpc) is 2.58. The lowest BCUT2D eigenvalue weighted by atomic mass is 10.1. The van der Waals surface area contributed by atoms with Gasteiger partial charge in [-0.3, -0.25) is 9.98 Å². The summed E-state index contributed by atoms with van der Waals surface area (Å²) in [7, 11) is 0. The van der Waals surface area contributed by atoms with E-state index in [-0.39, 0.29) is 5.82 Å². The zero-order valence-corrected chi connectivity index (χ0v) is 15.3. The number of aryl methyl sites for hydroxylation is 2. The predicted octanol–water partition coefficient (Wildman–Crippen LogP) is 3.18. The van der Waals surface area contributed by atoms with Gasteiger partial charge in [0.2, 0.25) is 0 Å². The first kappa shape index (κ1) is 18.9. The van der Waals surface area contributed by atoms with Gasteiger partial charge in [-0.05, 0) is 74.1 Å². The van der Waals surface area contributed by atoms with Gasteiger partial charge in [-0.15, -0.1) is 0 Å². The van der Waals surface area contributed by atoms with E-state index >= 15 is 0 Å². The van der Waals surface area contributed by atoms with Crippen LogP contribution in [-0.4, -0.2) is 30.6 Å². The van der Waals surface area contributed by atoms with Crippen LogP contribution in [0.4, 0.5) is 4.39 Å². The van der Waals surface area contributed by atoms with Crippen LogP contribution in [-0.2, 0) is 12.8 Å². The van der Waals surface area contributed by atoms with Crippen molar-refractivity contribution in [1.82, 2.24) is 15.6 Å². The minimum absolute atomic E-state index is 0.185. The van der Waals surface area contributed by atoms with Crippen molar-refractivity contribution in [2.45, 2.75) is 33.6 Å². The van der Waals surface area contributed by atoms with Gasteiger partial charge in [-0.25, -0.2) is 4.39 Å². The molecule has 0 amide bonds. The first-order chi connectivity index (χ1) is 12.1. The van der Waals surface area contributed by atoms with Crippen molar-refractivity contribution in [2.75, 3.05) is 19.6 Å². The number of pyridine rings is 1. The molecule has 0 aliphatic carbocycles. The number of nitrogens with one attached hydrogen (secondary N) is 2. The molecular weight excluding hydrogens is 315 g/mol. The maximum absolute atomic E-state index is 13.2. The molecule has 134 valence electrons. The maximum atomic E-state index is 13.2. The van der Waals surface area contributed by atoms with E-state index < -0.39 is 0 Å². The number of hydrogen-bond donors (Lipinski definition) is 2. The molecule has 0 unspecified atom stereocenters. The van der Waals surface area contributed by atoms with Gasteiger partial charge in [-0.2, -0.15) is 0 Å². The molecule has 2 aromatic rings. The zero-order valence-electron chi connectivity index (χ0n) is 15.3. The fourth-order valence-electron chi connectivity index (χ4n) is 2.67. The highest BCUT2D eigenvalue weighted by molar-refractivity contribution is 5.79. The molecule has 0 fully saturated rings. The van der Waals surface area contributed by atoms with Gasteiger partial charge in [0, 0.05) is 32.0 Å². The van der Waals surface area contributed by atoms with E-state index in [1.165, 1.54) is 17.2 Å². The molecule has 0 saturated heterocycles. The summed E-state index contributed by atoms with van der Waals surface area (Å²) < 4.78 is 13.2. The topological polar surface area (TPSA) is 49.3 Å². The standard InChI is InChI=1S/C20H27FN4/c1-4-23-20(25-12-9-18-7-10-22-14-16(18)3)24-11-8-17-5-6-19(21)13-15(17)2/h5-7,10,13-14H,4,8-9,11-12H2,1-3H3,(H2,23,24,25). The van der Waals surface area contributed by atoms with Gasteiger partial charge in [-0.1, -0.05) is 6.07 Å². The number of nitrogens with zero attached hydrogens (tertiary/aromatic N) is 2. The van der Waals surface area contributed by atoms with Crippen LogP contribution in [0.15, 0.2) is 41.7 Å². The molecule has 0 radical (unpaired) electrons.